The number of carbonyl (C=O) groups is 2. The lowest BCUT2D eigenvalue weighted by molar-refractivity contribution is -0.137. The van der Waals surface area contributed by atoms with Gasteiger partial charge in [-0.25, -0.2) is 0 Å². The third-order valence-electron chi connectivity index (χ3n) is 5.24. The lowest BCUT2D eigenvalue weighted by Gasteiger charge is -2.41. The summed E-state index contributed by atoms with van der Waals surface area (Å²) in [6, 6.07) is 3.13. The predicted octanol–water partition coefficient (Wildman–Crippen LogP) is 2.96. The van der Waals surface area contributed by atoms with Crippen LogP contribution in [0, 0.1) is 12.3 Å². The molecule has 1 atom stereocenters. The van der Waals surface area contributed by atoms with Gasteiger partial charge in [0.2, 0.25) is 5.91 Å². The van der Waals surface area contributed by atoms with Gasteiger partial charge in [-0.15, -0.1) is 6.42 Å². The van der Waals surface area contributed by atoms with E-state index in [0.717, 1.165) is 43.5 Å². The Morgan fingerprint density at radius 1 is 1.21 bits per heavy atom. The summed E-state index contributed by atoms with van der Waals surface area (Å²) >= 11 is 0. The first kappa shape index (κ1) is 20.2. The first-order valence-corrected chi connectivity index (χ1v) is 9.14. The smallest absolute Gasteiger partial charge is 0.353 e. The molecule has 1 aromatic rings. The molecule has 3 rings (SSSR count). The summed E-state index contributed by atoms with van der Waals surface area (Å²) in [4.78, 5) is 27.2. The van der Waals surface area contributed by atoms with Crippen LogP contribution in [-0.4, -0.2) is 41.6 Å². The Hall–Kier alpha value is -2.53. The minimum absolute atomic E-state index is 0.0185. The summed E-state index contributed by atoms with van der Waals surface area (Å²) in [5.74, 6) is 1.36. The van der Waals surface area contributed by atoms with Gasteiger partial charge in [-0.2, -0.15) is 13.2 Å². The Morgan fingerprint density at radius 2 is 1.86 bits per heavy atom. The maximum absolute atomic E-state index is 13.2. The summed E-state index contributed by atoms with van der Waals surface area (Å²) < 4.78 is 44.4. The highest BCUT2D eigenvalue weighted by molar-refractivity contribution is 5.98. The van der Waals surface area contributed by atoms with Gasteiger partial charge in [-0.05, 0) is 49.9 Å². The number of carbonyl (C=O) groups excluding carboxylic acids is 2. The highest BCUT2D eigenvalue weighted by atomic mass is 19.4. The van der Waals surface area contributed by atoms with Crippen LogP contribution in [0.3, 0.4) is 0 Å². The monoisotopic (exact) mass is 394 g/mol. The van der Waals surface area contributed by atoms with Gasteiger partial charge in [-0.1, -0.05) is 12.3 Å². The molecule has 1 N–H and O–H groups in total. The van der Waals surface area contributed by atoms with Crippen molar-refractivity contribution in [3.05, 3.63) is 35.4 Å². The molecule has 2 amide bonds. The van der Waals surface area contributed by atoms with Crippen LogP contribution in [0.15, 0.2) is 24.3 Å². The van der Waals surface area contributed by atoms with Gasteiger partial charge in [0.25, 0.3) is 5.91 Å². The molecule has 5 nitrogen and oxygen atoms in total. The number of rotatable bonds is 3. The third kappa shape index (κ3) is 3.85. The molecule has 1 unspecified atom stereocenters. The van der Waals surface area contributed by atoms with E-state index < -0.39 is 35.3 Å². The molecule has 2 aliphatic rings. The normalized spacial score (nSPS) is 21.4. The van der Waals surface area contributed by atoms with Crippen molar-refractivity contribution >= 4 is 11.8 Å². The number of hydrogen-bond acceptors (Lipinski definition) is 3. The van der Waals surface area contributed by atoms with E-state index in [1.54, 1.807) is 0 Å². The Labute approximate surface area is 161 Å². The minimum atomic E-state index is -4.49. The number of nitrogens with zero attached hydrogens (tertiary/aromatic N) is 1. The average Bonchev–Trinajstić information content (AvgIpc) is 3.04. The SMILES string of the molecule is C#CCNC(=O)C1COC2(CCCCC2)N1C(=O)c1ccc(C(F)(F)F)cc1. The largest absolute Gasteiger partial charge is 0.416 e. The van der Waals surface area contributed by atoms with Crippen molar-refractivity contribution in [2.24, 2.45) is 0 Å². The van der Waals surface area contributed by atoms with Crippen molar-refractivity contribution in [3.63, 3.8) is 0 Å². The van der Waals surface area contributed by atoms with E-state index in [2.05, 4.69) is 11.2 Å². The number of benzene rings is 1. The molecule has 1 spiro atoms. The van der Waals surface area contributed by atoms with E-state index in [4.69, 9.17) is 11.2 Å². The molecule has 8 heteroatoms. The summed E-state index contributed by atoms with van der Waals surface area (Å²) in [6.07, 6.45) is 4.54. The topological polar surface area (TPSA) is 58.6 Å². The Kier molecular flexibility index (Phi) is 5.66. The predicted molar refractivity (Wildman–Crippen MR) is 95.0 cm³/mol. The van der Waals surface area contributed by atoms with E-state index in [9.17, 15) is 22.8 Å². The Morgan fingerprint density at radius 3 is 2.43 bits per heavy atom. The van der Waals surface area contributed by atoms with Crippen LogP contribution in [-0.2, 0) is 15.7 Å². The molecule has 28 heavy (non-hydrogen) atoms. The molecule has 0 radical (unpaired) electrons. The Bertz CT molecular complexity index is 777. The quantitative estimate of drug-likeness (QED) is 0.802. The van der Waals surface area contributed by atoms with E-state index >= 15 is 0 Å². The second-order valence-electron chi connectivity index (χ2n) is 7.01. The van der Waals surface area contributed by atoms with Crippen molar-refractivity contribution in [2.45, 2.75) is 50.0 Å². The van der Waals surface area contributed by atoms with Crippen LogP contribution in [0.1, 0.15) is 48.0 Å². The molecule has 1 aromatic carbocycles. The van der Waals surface area contributed by atoms with Gasteiger partial charge in [0.1, 0.15) is 11.8 Å². The maximum atomic E-state index is 13.2. The van der Waals surface area contributed by atoms with Gasteiger partial charge in [0, 0.05) is 5.56 Å². The van der Waals surface area contributed by atoms with E-state index in [0.29, 0.717) is 12.8 Å². The van der Waals surface area contributed by atoms with E-state index in [-0.39, 0.29) is 18.7 Å². The van der Waals surface area contributed by atoms with Crippen LogP contribution in [0.2, 0.25) is 0 Å². The van der Waals surface area contributed by atoms with Crippen LogP contribution in [0.4, 0.5) is 13.2 Å². The summed E-state index contributed by atoms with van der Waals surface area (Å²) in [5, 5.41) is 2.56. The van der Waals surface area contributed by atoms with Crippen LogP contribution < -0.4 is 5.32 Å². The van der Waals surface area contributed by atoms with Crippen LogP contribution in [0.25, 0.3) is 0 Å². The standard InChI is InChI=1S/C20H21F3N2O3/c1-2-12-24-17(26)16-13-28-19(10-4-3-5-11-19)25(16)18(27)14-6-8-15(9-7-14)20(21,22)23/h1,6-9,16H,3-5,10-13H2,(H,24,26). The molecular formula is C20H21F3N2O3. The molecule has 1 aliphatic carbocycles. The molecule has 1 aliphatic heterocycles. The molecule has 2 fully saturated rings. The molecule has 0 bridgehead atoms. The fourth-order valence-corrected chi connectivity index (χ4v) is 3.87. The third-order valence-corrected chi connectivity index (χ3v) is 5.24. The zero-order chi connectivity index (χ0) is 20.4. The lowest BCUT2D eigenvalue weighted by atomic mass is 9.89. The fraction of sp³-hybridized carbons (Fsp3) is 0.500. The van der Waals surface area contributed by atoms with Crippen molar-refractivity contribution in [3.8, 4) is 12.3 Å². The lowest BCUT2D eigenvalue weighted by Crippen LogP contribution is -2.56. The minimum Gasteiger partial charge on any atom is -0.353 e. The summed E-state index contributed by atoms with van der Waals surface area (Å²) in [6.45, 7) is 0.0490. The van der Waals surface area contributed by atoms with Gasteiger partial charge in [-0.3, -0.25) is 14.5 Å². The van der Waals surface area contributed by atoms with Gasteiger partial charge in [0.15, 0.2) is 0 Å². The van der Waals surface area contributed by atoms with E-state index in [1.807, 2.05) is 0 Å². The number of halogens is 3. The molecule has 1 heterocycles. The number of nitrogens with one attached hydrogen (secondary N) is 1. The van der Waals surface area contributed by atoms with Crippen LogP contribution >= 0.6 is 0 Å². The number of amides is 2. The number of terminal acetylenes is 1. The number of ether oxygens (including phenoxy) is 1. The van der Waals surface area contributed by atoms with Crippen molar-refractivity contribution in [1.82, 2.24) is 10.2 Å². The highest BCUT2D eigenvalue weighted by Gasteiger charge is 2.52. The zero-order valence-corrected chi connectivity index (χ0v) is 15.2. The van der Waals surface area contributed by atoms with Crippen molar-refractivity contribution in [1.29, 1.82) is 0 Å². The second kappa shape index (κ2) is 7.84. The number of alkyl halides is 3. The molecule has 150 valence electrons. The van der Waals surface area contributed by atoms with E-state index in [1.165, 1.54) is 4.90 Å². The maximum Gasteiger partial charge on any atom is 0.416 e. The van der Waals surface area contributed by atoms with Crippen LogP contribution in [0.5, 0.6) is 0 Å². The molecular weight excluding hydrogens is 373 g/mol. The van der Waals surface area contributed by atoms with Gasteiger partial charge < -0.3 is 10.1 Å². The van der Waals surface area contributed by atoms with Gasteiger partial charge >= 0.3 is 6.18 Å². The second-order valence-corrected chi connectivity index (χ2v) is 7.01. The summed E-state index contributed by atoms with van der Waals surface area (Å²) in [7, 11) is 0. The molecule has 0 aromatic heterocycles. The Balaban J connectivity index is 1.91. The first-order valence-electron chi connectivity index (χ1n) is 9.14. The zero-order valence-electron chi connectivity index (χ0n) is 15.2. The molecule has 1 saturated carbocycles. The van der Waals surface area contributed by atoms with Crippen molar-refractivity contribution < 1.29 is 27.5 Å². The van der Waals surface area contributed by atoms with Crippen molar-refractivity contribution in [2.75, 3.05) is 13.2 Å². The fourth-order valence-electron chi connectivity index (χ4n) is 3.87. The highest BCUT2D eigenvalue weighted by Crippen LogP contribution is 2.41. The van der Waals surface area contributed by atoms with Gasteiger partial charge in [0.05, 0.1) is 18.7 Å². The first-order chi connectivity index (χ1) is 13.3. The number of hydrogen-bond donors (Lipinski definition) is 1. The summed E-state index contributed by atoms with van der Waals surface area (Å²) in [5.41, 5.74) is -1.66. The molecule has 1 saturated heterocycles. The average molecular weight is 394 g/mol.